The lowest BCUT2D eigenvalue weighted by atomic mass is 10.2. The highest BCUT2D eigenvalue weighted by molar-refractivity contribution is 5.43. The second-order valence-corrected chi connectivity index (χ2v) is 6.91. The van der Waals surface area contributed by atoms with Crippen molar-refractivity contribution in [3.8, 4) is 23.6 Å². The van der Waals surface area contributed by atoms with Crippen LogP contribution in [0.2, 0.25) is 0 Å². The number of nitriles is 2. The molecule has 0 saturated heterocycles. The molecule has 31 heavy (non-hydrogen) atoms. The molecule has 0 aliphatic carbocycles. The predicted octanol–water partition coefficient (Wildman–Crippen LogP) is 1.18. The second kappa shape index (κ2) is 14.0. The minimum atomic E-state index is -0.685. The predicted molar refractivity (Wildman–Crippen MR) is 116 cm³/mol. The van der Waals surface area contributed by atoms with E-state index < -0.39 is 12.2 Å². The van der Waals surface area contributed by atoms with Gasteiger partial charge in [-0.05, 0) is 43.8 Å². The van der Waals surface area contributed by atoms with E-state index >= 15 is 0 Å². The van der Waals surface area contributed by atoms with Crippen molar-refractivity contribution in [2.75, 3.05) is 39.4 Å². The van der Waals surface area contributed by atoms with E-state index in [9.17, 15) is 10.2 Å². The van der Waals surface area contributed by atoms with Crippen LogP contribution in [0.4, 0.5) is 0 Å². The van der Waals surface area contributed by atoms with Crippen LogP contribution in [-0.2, 0) is 0 Å². The fraction of sp³-hybridized carbons (Fsp3) is 0.391. The van der Waals surface area contributed by atoms with Crippen LogP contribution in [0.5, 0.6) is 11.5 Å². The van der Waals surface area contributed by atoms with Gasteiger partial charge in [0.15, 0.2) is 0 Å². The molecule has 2 rings (SSSR count). The van der Waals surface area contributed by atoms with Crippen LogP contribution in [0.25, 0.3) is 0 Å². The maximum absolute atomic E-state index is 9.99. The van der Waals surface area contributed by atoms with E-state index in [-0.39, 0.29) is 13.2 Å². The molecule has 2 atom stereocenters. The summed E-state index contributed by atoms with van der Waals surface area (Å²) in [7, 11) is 0. The normalized spacial score (nSPS) is 12.4. The molecular formula is C23H28N4O4. The van der Waals surface area contributed by atoms with Gasteiger partial charge in [-0.2, -0.15) is 10.5 Å². The van der Waals surface area contributed by atoms with E-state index in [0.717, 1.165) is 6.42 Å². The molecule has 2 aromatic rings. The fourth-order valence-corrected chi connectivity index (χ4v) is 2.74. The Hall–Kier alpha value is -3.14. The quantitative estimate of drug-likeness (QED) is 0.333. The largest absolute Gasteiger partial charge is 0.489 e. The number of hydrogen-bond acceptors (Lipinski definition) is 8. The summed E-state index contributed by atoms with van der Waals surface area (Å²) >= 11 is 0. The van der Waals surface area contributed by atoms with Crippen molar-refractivity contribution in [1.29, 1.82) is 10.5 Å². The van der Waals surface area contributed by atoms with Gasteiger partial charge in [0.25, 0.3) is 0 Å². The molecule has 2 aromatic carbocycles. The molecule has 0 aliphatic heterocycles. The van der Waals surface area contributed by atoms with Gasteiger partial charge in [-0.15, -0.1) is 0 Å². The molecule has 4 N–H and O–H groups in total. The number of nitrogens with zero attached hydrogens (tertiary/aromatic N) is 2. The number of para-hydroxylation sites is 2. The number of aliphatic hydroxyl groups is 2. The van der Waals surface area contributed by atoms with Crippen LogP contribution in [-0.4, -0.2) is 61.8 Å². The van der Waals surface area contributed by atoms with Crippen LogP contribution >= 0.6 is 0 Å². The SMILES string of the molecule is N#Cc1ccccc1OCC(O)CNCCCNCC(O)COc1ccccc1C#N. The van der Waals surface area contributed by atoms with Crippen LogP contribution in [0, 0.1) is 22.7 Å². The van der Waals surface area contributed by atoms with E-state index in [2.05, 4.69) is 22.8 Å². The molecule has 8 heteroatoms. The van der Waals surface area contributed by atoms with E-state index in [1.54, 1.807) is 48.5 Å². The van der Waals surface area contributed by atoms with Gasteiger partial charge < -0.3 is 30.3 Å². The topological polar surface area (TPSA) is 131 Å². The Morgan fingerprint density at radius 2 is 1.16 bits per heavy atom. The van der Waals surface area contributed by atoms with E-state index in [1.807, 2.05) is 0 Å². The summed E-state index contributed by atoms with van der Waals surface area (Å²) in [4.78, 5) is 0. The van der Waals surface area contributed by atoms with Gasteiger partial charge in [0.2, 0.25) is 0 Å². The number of aliphatic hydroxyl groups excluding tert-OH is 2. The summed E-state index contributed by atoms with van der Waals surface area (Å²) in [6, 6.07) is 17.9. The van der Waals surface area contributed by atoms with Crippen LogP contribution < -0.4 is 20.1 Å². The molecule has 0 heterocycles. The lowest BCUT2D eigenvalue weighted by Gasteiger charge is -2.15. The van der Waals surface area contributed by atoms with Crippen molar-refractivity contribution in [3.63, 3.8) is 0 Å². The minimum Gasteiger partial charge on any atom is -0.489 e. The molecule has 164 valence electrons. The van der Waals surface area contributed by atoms with Crippen LogP contribution in [0.3, 0.4) is 0 Å². The van der Waals surface area contributed by atoms with Gasteiger partial charge in [-0.1, -0.05) is 24.3 Å². The third-order valence-electron chi connectivity index (χ3n) is 4.34. The Morgan fingerprint density at radius 1 is 0.742 bits per heavy atom. The third-order valence-corrected chi connectivity index (χ3v) is 4.34. The molecular weight excluding hydrogens is 396 g/mol. The molecule has 2 unspecified atom stereocenters. The summed E-state index contributed by atoms with van der Waals surface area (Å²) in [5.41, 5.74) is 0.881. The summed E-state index contributed by atoms with van der Waals surface area (Å²) in [6.07, 6.45) is -0.555. The first-order chi connectivity index (χ1) is 15.1. The van der Waals surface area contributed by atoms with Crippen molar-refractivity contribution >= 4 is 0 Å². The zero-order valence-corrected chi connectivity index (χ0v) is 17.3. The molecule has 0 radical (unpaired) electrons. The first-order valence-electron chi connectivity index (χ1n) is 10.2. The van der Waals surface area contributed by atoms with E-state index in [1.165, 1.54) is 0 Å². The van der Waals surface area contributed by atoms with E-state index in [0.29, 0.717) is 48.8 Å². The highest BCUT2D eigenvalue weighted by atomic mass is 16.5. The average molecular weight is 425 g/mol. The molecule has 0 aromatic heterocycles. The number of rotatable bonds is 14. The van der Waals surface area contributed by atoms with Crippen molar-refractivity contribution < 1.29 is 19.7 Å². The second-order valence-electron chi connectivity index (χ2n) is 6.91. The minimum absolute atomic E-state index is 0.102. The first-order valence-corrected chi connectivity index (χ1v) is 10.2. The van der Waals surface area contributed by atoms with Gasteiger partial charge in [0, 0.05) is 13.1 Å². The number of nitrogens with one attached hydrogen (secondary N) is 2. The van der Waals surface area contributed by atoms with Gasteiger partial charge in [0.05, 0.1) is 11.1 Å². The number of benzene rings is 2. The summed E-state index contributed by atoms with van der Waals surface area (Å²) < 4.78 is 11.0. The van der Waals surface area contributed by atoms with Gasteiger partial charge in [0.1, 0.15) is 49.1 Å². The van der Waals surface area contributed by atoms with E-state index in [4.69, 9.17) is 20.0 Å². The van der Waals surface area contributed by atoms with Crippen LogP contribution in [0.1, 0.15) is 17.5 Å². The maximum Gasteiger partial charge on any atom is 0.137 e. The molecule has 0 bridgehead atoms. The third kappa shape index (κ3) is 9.04. The maximum atomic E-state index is 9.99. The summed E-state index contributed by atoms with van der Waals surface area (Å²) in [5, 5.41) is 44.3. The van der Waals surface area contributed by atoms with Crippen molar-refractivity contribution in [2.24, 2.45) is 0 Å². The number of hydrogen-bond donors (Lipinski definition) is 4. The molecule has 0 saturated carbocycles. The Balaban J connectivity index is 1.49. The standard InChI is InChI=1S/C23H28N4O4/c24-12-18-6-1-3-8-22(18)30-16-20(28)14-26-10-5-11-27-15-21(29)17-31-23-9-4-2-7-19(23)13-25/h1-4,6-9,20-21,26-29H,5,10-11,14-17H2. The monoisotopic (exact) mass is 424 g/mol. The highest BCUT2D eigenvalue weighted by Gasteiger charge is 2.09. The van der Waals surface area contributed by atoms with Gasteiger partial charge >= 0.3 is 0 Å². The van der Waals surface area contributed by atoms with Gasteiger partial charge in [-0.25, -0.2) is 0 Å². The number of ether oxygens (including phenoxy) is 2. The molecule has 0 spiro atoms. The van der Waals surface area contributed by atoms with Crippen molar-refractivity contribution in [1.82, 2.24) is 10.6 Å². The fourth-order valence-electron chi connectivity index (χ4n) is 2.74. The zero-order chi connectivity index (χ0) is 22.3. The van der Waals surface area contributed by atoms with Crippen molar-refractivity contribution in [2.45, 2.75) is 18.6 Å². The summed E-state index contributed by atoms with van der Waals surface area (Å²) in [5.74, 6) is 0.929. The summed E-state index contributed by atoms with van der Waals surface area (Å²) in [6.45, 7) is 2.35. The lowest BCUT2D eigenvalue weighted by molar-refractivity contribution is 0.105. The van der Waals surface area contributed by atoms with Crippen LogP contribution in [0.15, 0.2) is 48.5 Å². The molecule has 0 fully saturated rings. The molecule has 0 aliphatic rings. The highest BCUT2D eigenvalue weighted by Crippen LogP contribution is 2.17. The lowest BCUT2D eigenvalue weighted by Crippen LogP contribution is -2.35. The first kappa shape index (κ1) is 24.1. The zero-order valence-electron chi connectivity index (χ0n) is 17.3. The smallest absolute Gasteiger partial charge is 0.137 e. The average Bonchev–Trinajstić information content (AvgIpc) is 2.81. The Morgan fingerprint density at radius 3 is 1.58 bits per heavy atom. The van der Waals surface area contributed by atoms with Gasteiger partial charge in [-0.3, -0.25) is 0 Å². The Bertz CT molecular complexity index is 807. The Labute approximate surface area is 182 Å². The van der Waals surface area contributed by atoms with Crippen molar-refractivity contribution in [3.05, 3.63) is 59.7 Å². The molecule has 0 amide bonds. The Kier molecular flexibility index (Phi) is 10.9. The molecule has 8 nitrogen and oxygen atoms in total.